The van der Waals surface area contributed by atoms with Crippen LogP contribution in [0.2, 0.25) is 0 Å². The Morgan fingerprint density at radius 3 is 2.69 bits per heavy atom. The average Bonchev–Trinajstić information content (AvgIpc) is 2.44. The molecular weight excluding hydrogens is 212 g/mol. The highest BCUT2D eigenvalue weighted by molar-refractivity contribution is 6.07. The van der Waals surface area contributed by atoms with Crippen molar-refractivity contribution < 1.29 is 19.4 Å². The van der Waals surface area contributed by atoms with E-state index in [0.717, 1.165) is 4.90 Å². The fourth-order valence-electron chi connectivity index (χ4n) is 2.16. The number of hydrogen-bond donors (Lipinski definition) is 2. The first-order valence-electron chi connectivity index (χ1n) is 5.45. The summed E-state index contributed by atoms with van der Waals surface area (Å²) in [4.78, 5) is 24.8. The Bertz CT molecular complexity index is 310. The number of amides is 3. The van der Waals surface area contributed by atoms with Gasteiger partial charge in [0.05, 0.1) is 12.6 Å². The Morgan fingerprint density at radius 2 is 2.12 bits per heavy atom. The molecule has 3 amide bonds. The first-order valence-corrected chi connectivity index (χ1v) is 5.45. The molecule has 0 aromatic rings. The van der Waals surface area contributed by atoms with Crippen molar-refractivity contribution in [3.63, 3.8) is 0 Å². The Labute approximate surface area is 93.6 Å². The van der Waals surface area contributed by atoms with Gasteiger partial charge in [0.15, 0.2) is 0 Å². The Morgan fingerprint density at radius 1 is 1.50 bits per heavy atom. The van der Waals surface area contributed by atoms with Gasteiger partial charge in [0, 0.05) is 26.1 Å². The van der Waals surface area contributed by atoms with Crippen LogP contribution in [0.25, 0.3) is 0 Å². The molecule has 0 bridgehead atoms. The molecule has 1 unspecified atom stereocenters. The molecule has 0 aromatic heterocycles. The molecule has 2 aliphatic rings. The van der Waals surface area contributed by atoms with E-state index in [2.05, 4.69) is 5.32 Å². The number of β-amino-alcohol motifs (C(OH)–C–C–N with tert-alkyl or cyclic N) is 1. The van der Waals surface area contributed by atoms with E-state index in [1.54, 1.807) is 6.92 Å². The van der Waals surface area contributed by atoms with E-state index < -0.39 is 17.7 Å². The molecule has 2 heterocycles. The minimum Gasteiger partial charge on any atom is -0.392 e. The molecule has 2 N–H and O–H groups in total. The number of imide groups is 1. The normalized spacial score (nSPS) is 26.0. The van der Waals surface area contributed by atoms with E-state index in [9.17, 15) is 14.7 Å². The van der Waals surface area contributed by atoms with E-state index >= 15 is 0 Å². The molecule has 2 saturated heterocycles. The summed E-state index contributed by atoms with van der Waals surface area (Å²) in [5.74, 6) is -0.235. The molecule has 0 aromatic carbocycles. The average molecular weight is 228 g/mol. The lowest BCUT2D eigenvalue weighted by molar-refractivity contribution is -0.135. The molecule has 0 aliphatic carbocycles. The number of carbonyl (C=O) groups excluding carboxylic acids is 2. The maximum atomic E-state index is 12.1. The van der Waals surface area contributed by atoms with Crippen molar-refractivity contribution in [1.29, 1.82) is 0 Å². The summed E-state index contributed by atoms with van der Waals surface area (Å²) in [5.41, 5.74) is -0.787. The van der Waals surface area contributed by atoms with Gasteiger partial charge in [0.1, 0.15) is 5.54 Å². The monoisotopic (exact) mass is 228 g/mol. The lowest BCUT2D eigenvalue weighted by Crippen LogP contribution is -2.51. The highest BCUT2D eigenvalue weighted by Crippen LogP contribution is 2.28. The fourth-order valence-corrected chi connectivity index (χ4v) is 2.16. The summed E-state index contributed by atoms with van der Waals surface area (Å²) >= 11 is 0. The van der Waals surface area contributed by atoms with Crippen LogP contribution in [0.4, 0.5) is 4.79 Å². The minimum absolute atomic E-state index is 0.0489. The van der Waals surface area contributed by atoms with Crippen LogP contribution in [0.15, 0.2) is 0 Å². The largest absolute Gasteiger partial charge is 0.392 e. The molecule has 1 spiro atoms. The van der Waals surface area contributed by atoms with Gasteiger partial charge in [-0.25, -0.2) is 4.79 Å². The quantitative estimate of drug-likeness (QED) is 0.623. The van der Waals surface area contributed by atoms with Crippen molar-refractivity contribution in [2.75, 3.05) is 19.8 Å². The van der Waals surface area contributed by atoms with Gasteiger partial charge in [-0.15, -0.1) is 0 Å². The highest BCUT2D eigenvalue weighted by atomic mass is 16.5. The first-order chi connectivity index (χ1) is 7.55. The summed E-state index contributed by atoms with van der Waals surface area (Å²) in [6.07, 6.45) is 0.312. The molecule has 2 aliphatic heterocycles. The molecule has 0 saturated carbocycles. The maximum Gasteiger partial charge on any atom is 0.325 e. The van der Waals surface area contributed by atoms with Crippen molar-refractivity contribution in [2.24, 2.45) is 0 Å². The van der Waals surface area contributed by atoms with E-state index in [4.69, 9.17) is 4.74 Å². The van der Waals surface area contributed by atoms with Gasteiger partial charge in [-0.2, -0.15) is 0 Å². The summed E-state index contributed by atoms with van der Waals surface area (Å²) in [6.45, 7) is 2.56. The number of nitrogens with zero attached hydrogens (tertiary/aromatic N) is 1. The lowest BCUT2D eigenvalue weighted by atomic mass is 9.90. The molecule has 2 rings (SSSR count). The number of hydrogen-bond acceptors (Lipinski definition) is 4. The van der Waals surface area contributed by atoms with Crippen molar-refractivity contribution >= 4 is 11.9 Å². The highest BCUT2D eigenvalue weighted by Gasteiger charge is 2.51. The minimum atomic E-state index is -0.787. The van der Waals surface area contributed by atoms with Crippen LogP contribution in [-0.4, -0.2) is 53.3 Å². The Balaban J connectivity index is 2.14. The van der Waals surface area contributed by atoms with Crippen LogP contribution >= 0.6 is 0 Å². The SMILES string of the molecule is CC(O)CN1C(=O)NC2(CCOCC2)C1=O. The molecule has 6 heteroatoms. The number of nitrogens with one attached hydrogen (secondary N) is 1. The molecule has 16 heavy (non-hydrogen) atoms. The Kier molecular flexibility index (Phi) is 2.86. The number of ether oxygens (including phenoxy) is 1. The zero-order valence-corrected chi connectivity index (χ0v) is 9.23. The standard InChI is InChI=1S/C10H16N2O4/c1-7(13)6-12-8(14)10(11-9(12)15)2-4-16-5-3-10/h7,13H,2-6H2,1H3,(H,11,15). The van der Waals surface area contributed by atoms with Crippen LogP contribution in [-0.2, 0) is 9.53 Å². The van der Waals surface area contributed by atoms with Crippen LogP contribution in [0, 0.1) is 0 Å². The van der Waals surface area contributed by atoms with Gasteiger partial charge in [0.25, 0.3) is 5.91 Å². The number of aliphatic hydroxyl groups excluding tert-OH is 1. The molecule has 0 radical (unpaired) electrons. The number of aliphatic hydroxyl groups is 1. The zero-order valence-electron chi connectivity index (χ0n) is 9.23. The molecule has 1 atom stereocenters. The number of urea groups is 1. The molecule has 2 fully saturated rings. The second-order valence-electron chi connectivity index (χ2n) is 4.39. The van der Waals surface area contributed by atoms with E-state index in [1.807, 2.05) is 0 Å². The van der Waals surface area contributed by atoms with Crippen molar-refractivity contribution in [3.05, 3.63) is 0 Å². The zero-order chi connectivity index (χ0) is 11.8. The van der Waals surface area contributed by atoms with Crippen LogP contribution < -0.4 is 5.32 Å². The predicted octanol–water partition coefficient (Wildman–Crippen LogP) is -0.532. The van der Waals surface area contributed by atoms with Gasteiger partial charge < -0.3 is 15.2 Å². The van der Waals surface area contributed by atoms with Gasteiger partial charge in [-0.05, 0) is 6.92 Å². The lowest BCUT2D eigenvalue weighted by Gasteiger charge is -2.30. The van der Waals surface area contributed by atoms with E-state index in [-0.39, 0.29) is 12.5 Å². The molecule has 6 nitrogen and oxygen atoms in total. The van der Waals surface area contributed by atoms with Gasteiger partial charge >= 0.3 is 6.03 Å². The van der Waals surface area contributed by atoms with Crippen LogP contribution in [0.1, 0.15) is 19.8 Å². The van der Waals surface area contributed by atoms with Crippen molar-refractivity contribution in [3.8, 4) is 0 Å². The summed E-state index contributed by atoms with van der Waals surface area (Å²) in [6, 6.07) is -0.409. The van der Waals surface area contributed by atoms with E-state index in [1.165, 1.54) is 0 Å². The van der Waals surface area contributed by atoms with Crippen LogP contribution in [0.3, 0.4) is 0 Å². The van der Waals surface area contributed by atoms with E-state index in [0.29, 0.717) is 26.1 Å². The molecular formula is C10H16N2O4. The van der Waals surface area contributed by atoms with Gasteiger partial charge in [0.2, 0.25) is 0 Å². The summed E-state index contributed by atoms with van der Waals surface area (Å²) < 4.78 is 5.18. The molecule has 90 valence electrons. The smallest absolute Gasteiger partial charge is 0.325 e. The second-order valence-corrected chi connectivity index (χ2v) is 4.39. The maximum absolute atomic E-state index is 12.1. The predicted molar refractivity (Wildman–Crippen MR) is 54.7 cm³/mol. The second kappa shape index (κ2) is 4.03. The van der Waals surface area contributed by atoms with Gasteiger partial charge in [-0.3, -0.25) is 9.69 Å². The van der Waals surface area contributed by atoms with Crippen LogP contribution in [0.5, 0.6) is 0 Å². The fraction of sp³-hybridized carbons (Fsp3) is 0.800. The third-order valence-corrected chi connectivity index (χ3v) is 3.04. The third kappa shape index (κ3) is 1.78. The third-order valence-electron chi connectivity index (χ3n) is 3.04. The van der Waals surface area contributed by atoms with Gasteiger partial charge in [-0.1, -0.05) is 0 Å². The first kappa shape index (κ1) is 11.3. The number of carbonyl (C=O) groups is 2. The van der Waals surface area contributed by atoms with Crippen molar-refractivity contribution in [1.82, 2.24) is 10.2 Å². The topological polar surface area (TPSA) is 78.9 Å². The van der Waals surface area contributed by atoms with Crippen molar-refractivity contribution in [2.45, 2.75) is 31.4 Å². The number of rotatable bonds is 2. The Hall–Kier alpha value is -1.14. The summed E-state index contributed by atoms with van der Waals surface area (Å²) in [5, 5.41) is 12.0. The summed E-state index contributed by atoms with van der Waals surface area (Å²) in [7, 11) is 0.